The van der Waals surface area contributed by atoms with Crippen molar-refractivity contribution in [2.75, 3.05) is 18.8 Å². The van der Waals surface area contributed by atoms with Crippen LogP contribution in [0.3, 0.4) is 0 Å². The minimum Gasteiger partial charge on any atom is -0.369 e. The van der Waals surface area contributed by atoms with E-state index in [1.54, 1.807) is 30.3 Å². The first kappa shape index (κ1) is 17.0. The Morgan fingerprint density at radius 2 is 1.82 bits per heavy atom. The SMILES string of the molecule is NC(=O)CN(CCCS(=O)(=O)c1ccccc1)C1CCCC1. The Hall–Kier alpha value is -1.40. The van der Waals surface area contributed by atoms with Crippen LogP contribution in [-0.4, -0.2) is 44.1 Å². The van der Waals surface area contributed by atoms with Gasteiger partial charge in [0, 0.05) is 6.04 Å². The quantitative estimate of drug-likeness (QED) is 0.787. The van der Waals surface area contributed by atoms with Crippen LogP contribution in [0.15, 0.2) is 35.2 Å². The summed E-state index contributed by atoms with van der Waals surface area (Å²) >= 11 is 0. The zero-order valence-corrected chi connectivity index (χ0v) is 13.6. The van der Waals surface area contributed by atoms with E-state index in [4.69, 9.17) is 5.73 Å². The third-order valence-corrected chi connectivity index (χ3v) is 5.98. The predicted molar refractivity (Wildman–Crippen MR) is 86.1 cm³/mol. The smallest absolute Gasteiger partial charge is 0.231 e. The number of nitrogens with two attached hydrogens (primary N) is 1. The van der Waals surface area contributed by atoms with Crippen LogP contribution in [0.1, 0.15) is 32.1 Å². The first-order chi connectivity index (χ1) is 10.5. The van der Waals surface area contributed by atoms with Crippen LogP contribution in [-0.2, 0) is 14.6 Å². The van der Waals surface area contributed by atoms with Crippen LogP contribution in [0.4, 0.5) is 0 Å². The van der Waals surface area contributed by atoms with Gasteiger partial charge in [-0.2, -0.15) is 0 Å². The normalized spacial score (nSPS) is 16.2. The second-order valence-corrected chi connectivity index (χ2v) is 7.97. The largest absolute Gasteiger partial charge is 0.369 e. The van der Waals surface area contributed by atoms with Gasteiger partial charge in [0.2, 0.25) is 5.91 Å². The Kier molecular flexibility index (Phi) is 5.97. The molecule has 0 radical (unpaired) electrons. The fraction of sp³-hybridized carbons (Fsp3) is 0.562. The van der Waals surface area contributed by atoms with Crippen molar-refractivity contribution in [3.63, 3.8) is 0 Å². The summed E-state index contributed by atoms with van der Waals surface area (Å²) in [5.74, 6) is -0.253. The van der Waals surface area contributed by atoms with Gasteiger partial charge in [0.1, 0.15) is 0 Å². The number of sulfone groups is 1. The van der Waals surface area contributed by atoms with Crippen LogP contribution < -0.4 is 5.73 Å². The highest BCUT2D eigenvalue weighted by molar-refractivity contribution is 7.91. The molecule has 2 rings (SSSR count). The fourth-order valence-corrected chi connectivity index (χ4v) is 4.38. The molecule has 1 aliphatic rings. The van der Waals surface area contributed by atoms with E-state index in [1.807, 2.05) is 0 Å². The molecular weight excluding hydrogens is 300 g/mol. The zero-order valence-electron chi connectivity index (χ0n) is 12.8. The van der Waals surface area contributed by atoms with Gasteiger partial charge in [-0.15, -0.1) is 0 Å². The van der Waals surface area contributed by atoms with E-state index < -0.39 is 9.84 Å². The zero-order chi connectivity index (χ0) is 16.0. The lowest BCUT2D eigenvalue weighted by Gasteiger charge is -2.27. The van der Waals surface area contributed by atoms with Gasteiger partial charge in [0.15, 0.2) is 9.84 Å². The van der Waals surface area contributed by atoms with Gasteiger partial charge in [-0.05, 0) is 37.9 Å². The molecule has 0 atom stereocenters. The molecule has 0 saturated heterocycles. The third-order valence-electron chi connectivity index (χ3n) is 4.16. The van der Waals surface area contributed by atoms with E-state index in [-0.39, 0.29) is 18.2 Å². The second-order valence-electron chi connectivity index (χ2n) is 5.86. The van der Waals surface area contributed by atoms with E-state index in [1.165, 1.54) is 12.8 Å². The van der Waals surface area contributed by atoms with Crippen molar-refractivity contribution in [3.05, 3.63) is 30.3 Å². The van der Waals surface area contributed by atoms with Gasteiger partial charge in [-0.3, -0.25) is 9.69 Å². The highest BCUT2D eigenvalue weighted by atomic mass is 32.2. The van der Waals surface area contributed by atoms with Gasteiger partial charge in [-0.1, -0.05) is 31.0 Å². The topological polar surface area (TPSA) is 80.5 Å². The number of primary amides is 1. The summed E-state index contributed by atoms with van der Waals surface area (Å²) < 4.78 is 24.5. The lowest BCUT2D eigenvalue weighted by molar-refractivity contribution is -0.119. The Labute approximate surface area is 132 Å². The molecule has 1 aromatic carbocycles. The molecule has 1 aromatic rings. The molecule has 0 aromatic heterocycles. The highest BCUT2D eigenvalue weighted by Gasteiger charge is 2.24. The number of carbonyl (C=O) groups excluding carboxylic acids is 1. The van der Waals surface area contributed by atoms with E-state index in [9.17, 15) is 13.2 Å². The van der Waals surface area contributed by atoms with E-state index in [2.05, 4.69) is 4.90 Å². The molecule has 1 aliphatic carbocycles. The molecule has 0 aliphatic heterocycles. The summed E-state index contributed by atoms with van der Waals surface area (Å²) in [6, 6.07) is 8.86. The van der Waals surface area contributed by atoms with Crippen LogP contribution in [0.25, 0.3) is 0 Å². The first-order valence-electron chi connectivity index (χ1n) is 7.79. The lowest BCUT2D eigenvalue weighted by Crippen LogP contribution is -2.41. The van der Waals surface area contributed by atoms with Crippen molar-refractivity contribution in [2.45, 2.75) is 43.0 Å². The minimum atomic E-state index is -3.25. The summed E-state index contributed by atoms with van der Waals surface area (Å²) in [7, 11) is -3.25. The van der Waals surface area contributed by atoms with Crippen LogP contribution in [0, 0.1) is 0 Å². The summed E-state index contributed by atoms with van der Waals surface area (Å²) in [5.41, 5.74) is 5.31. The van der Waals surface area contributed by atoms with Crippen LogP contribution >= 0.6 is 0 Å². The Balaban J connectivity index is 1.90. The number of amides is 1. The van der Waals surface area contributed by atoms with Gasteiger partial charge in [0.25, 0.3) is 0 Å². The first-order valence-corrected chi connectivity index (χ1v) is 9.44. The number of benzene rings is 1. The number of nitrogens with zero attached hydrogens (tertiary/aromatic N) is 1. The number of hydrogen-bond donors (Lipinski definition) is 1. The standard InChI is InChI=1S/C16H24N2O3S/c17-16(19)13-18(14-7-4-5-8-14)11-6-12-22(20,21)15-9-2-1-3-10-15/h1-3,9-10,14H,4-8,11-13H2,(H2,17,19). The van der Waals surface area contributed by atoms with Gasteiger partial charge >= 0.3 is 0 Å². The summed E-state index contributed by atoms with van der Waals surface area (Å²) in [5, 5.41) is 0. The van der Waals surface area contributed by atoms with Crippen molar-refractivity contribution in [1.29, 1.82) is 0 Å². The molecule has 0 heterocycles. The average Bonchev–Trinajstić information content (AvgIpc) is 3.01. The number of rotatable bonds is 8. The molecule has 5 nitrogen and oxygen atoms in total. The minimum absolute atomic E-state index is 0.0962. The Morgan fingerprint density at radius 3 is 2.41 bits per heavy atom. The molecule has 1 saturated carbocycles. The van der Waals surface area contributed by atoms with Crippen molar-refractivity contribution < 1.29 is 13.2 Å². The molecule has 0 spiro atoms. The maximum atomic E-state index is 12.2. The molecule has 22 heavy (non-hydrogen) atoms. The highest BCUT2D eigenvalue weighted by Crippen LogP contribution is 2.23. The molecule has 6 heteroatoms. The molecule has 2 N–H and O–H groups in total. The maximum absolute atomic E-state index is 12.2. The Morgan fingerprint density at radius 1 is 1.18 bits per heavy atom. The lowest BCUT2D eigenvalue weighted by atomic mass is 10.2. The van der Waals surface area contributed by atoms with Crippen LogP contribution in [0.5, 0.6) is 0 Å². The summed E-state index contributed by atoms with van der Waals surface area (Å²) in [6.45, 7) is 0.815. The van der Waals surface area contributed by atoms with Gasteiger partial charge in [0.05, 0.1) is 17.2 Å². The Bertz CT molecular complexity index is 581. The molecule has 0 bridgehead atoms. The monoisotopic (exact) mass is 324 g/mol. The van der Waals surface area contributed by atoms with Crippen LogP contribution in [0.2, 0.25) is 0 Å². The molecule has 1 amide bonds. The number of hydrogen-bond acceptors (Lipinski definition) is 4. The average molecular weight is 324 g/mol. The molecule has 0 unspecified atom stereocenters. The summed E-state index contributed by atoms with van der Waals surface area (Å²) in [6.07, 6.45) is 4.99. The molecule has 1 fully saturated rings. The second kappa shape index (κ2) is 7.74. The summed E-state index contributed by atoms with van der Waals surface area (Å²) in [4.78, 5) is 13.6. The van der Waals surface area contributed by atoms with Gasteiger partial charge < -0.3 is 5.73 Å². The van der Waals surface area contributed by atoms with Crippen molar-refractivity contribution >= 4 is 15.7 Å². The predicted octanol–water partition coefficient (Wildman–Crippen LogP) is 1.58. The molecular formula is C16H24N2O3S. The van der Waals surface area contributed by atoms with Crippen molar-refractivity contribution in [3.8, 4) is 0 Å². The van der Waals surface area contributed by atoms with E-state index in [0.717, 1.165) is 12.8 Å². The maximum Gasteiger partial charge on any atom is 0.231 e. The van der Waals surface area contributed by atoms with E-state index >= 15 is 0 Å². The van der Waals surface area contributed by atoms with Gasteiger partial charge in [-0.25, -0.2) is 8.42 Å². The molecule has 122 valence electrons. The third kappa shape index (κ3) is 4.81. The van der Waals surface area contributed by atoms with Crippen molar-refractivity contribution in [1.82, 2.24) is 4.90 Å². The van der Waals surface area contributed by atoms with Crippen molar-refractivity contribution in [2.24, 2.45) is 5.73 Å². The fourth-order valence-electron chi connectivity index (χ4n) is 3.06. The number of carbonyl (C=O) groups is 1. The van der Waals surface area contributed by atoms with E-state index in [0.29, 0.717) is 23.9 Å².